The molecule has 0 aliphatic heterocycles. The van der Waals surface area contributed by atoms with Crippen LogP contribution in [0.3, 0.4) is 0 Å². The van der Waals surface area contributed by atoms with Gasteiger partial charge >= 0.3 is 0 Å². The molecule has 9 nitrogen and oxygen atoms in total. The Hall–Kier alpha value is -2.50. The summed E-state index contributed by atoms with van der Waals surface area (Å²) in [6.07, 6.45) is 0. The highest BCUT2D eigenvalue weighted by atomic mass is 32.2. The zero-order chi connectivity index (χ0) is 18.9. The molecule has 3 N–H and O–H groups in total. The molecule has 0 saturated heterocycles. The molecule has 3 rings (SSSR count). The molecule has 0 atom stereocenters. The largest absolute Gasteiger partial charge is 0.325 e. The normalized spacial score (nSPS) is 11.7. The van der Waals surface area contributed by atoms with Gasteiger partial charge < -0.3 is 5.32 Å². The summed E-state index contributed by atoms with van der Waals surface area (Å²) in [4.78, 5) is 20.6. The second-order valence-electron chi connectivity index (χ2n) is 5.55. The van der Waals surface area contributed by atoms with Gasteiger partial charge in [-0.15, -0.1) is 5.10 Å². The molecule has 0 bridgehead atoms. The number of nitrogens with two attached hydrogens (primary N) is 1. The summed E-state index contributed by atoms with van der Waals surface area (Å²) in [5.74, 6) is 0.224. The number of carbonyl (C=O) groups excluding carboxylic acids is 1. The van der Waals surface area contributed by atoms with Crippen molar-refractivity contribution in [1.29, 1.82) is 0 Å². The van der Waals surface area contributed by atoms with Crippen molar-refractivity contribution in [2.45, 2.75) is 23.9 Å². The molecule has 1 aromatic carbocycles. The van der Waals surface area contributed by atoms with Gasteiger partial charge in [0, 0.05) is 17.1 Å². The third kappa shape index (κ3) is 4.18. The molecule has 0 fully saturated rings. The van der Waals surface area contributed by atoms with Gasteiger partial charge in [0.05, 0.1) is 10.6 Å². The van der Waals surface area contributed by atoms with Crippen LogP contribution in [-0.2, 0) is 14.8 Å². The van der Waals surface area contributed by atoms with E-state index in [1.54, 1.807) is 10.6 Å². The number of aromatic nitrogens is 4. The van der Waals surface area contributed by atoms with Crippen molar-refractivity contribution in [2.24, 2.45) is 5.14 Å². The van der Waals surface area contributed by atoms with Crippen LogP contribution in [0.2, 0.25) is 0 Å². The zero-order valence-corrected chi connectivity index (χ0v) is 15.6. The number of thioether (sulfide) groups is 1. The van der Waals surface area contributed by atoms with Gasteiger partial charge in [-0.1, -0.05) is 17.8 Å². The van der Waals surface area contributed by atoms with Crippen LogP contribution in [0.4, 0.5) is 5.69 Å². The summed E-state index contributed by atoms with van der Waals surface area (Å²) in [5.41, 5.74) is 2.08. The summed E-state index contributed by atoms with van der Waals surface area (Å²) in [6, 6.07) is 7.63. The summed E-state index contributed by atoms with van der Waals surface area (Å²) < 4.78 is 24.3. The van der Waals surface area contributed by atoms with Crippen LogP contribution < -0.4 is 10.5 Å². The van der Waals surface area contributed by atoms with Crippen molar-refractivity contribution in [3.63, 3.8) is 0 Å². The van der Waals surface area contributed by atoms with Crippen molar-refractivity contribution >= 4 is 39.2 Å². The van der Waals surface area contributed by atoms with E-state index < -0.39 is 10.0 Å². The van der Waals surface area contributed by atoms with Crippen molar-refractivity contribution < 1.29 is 13.2 Å². The number of carbonyl (C=O) groups is 1. The Bertz CT molecular complexity index is 1090. The Morgan fingerprint density at radius 2 is 2.04 bits per heavy atom. The van der Waals surface area contributed by atoms with Crippen LogP contribution in [0, 0.1) is 13.8 Å². The quantitative estimate of drug-likeness (QED) is 0.622. The summed E-state index contributed by atoms with van der Waals surface area (Å²) in [5, 5.41) is 12.4. The van der Waals surface area contributed by atoms with Gasteiger partial charge in [-0.3, -0.25) is 4.79 Å². The number of sulfonamides is 1. The first kappa shape index (κ1) is 18.3. The SMILES string of the molecule is Cc1cc(C)n2nc(SCC(=O)Nc3cccc(S(N)(=O)=O)c3)nc2n1. The predicted molar refractivity (Wildman–Crippen MR) is 97.4 cm³/mol. The van der Waals surface area contributed by atoms with E-state index in [2.05, 4.69) is 20.4 Å². The van der Waals surface area contributed by atoms with Gasteiger partial charge in [0.25, 0.3) is 5.78 Å². The van der Waals surface area contributed by atoms with Gasteiger partial charge in [-0.05, 0) is 38.1 Å². The van der Waals surface area contributed by atoms with E-state index in [0.717, 1.165) is 23.1 Å². The molecule has 11 heteroatoms. The molecule has 0 aliphatic carbocycles. The van der Waals surface area contributed by atoms with Gasteiger partial charge in [0.2, 0.25) is 21.1 Å². The van der Waals surface area contributed by atoms with Crippen molar-refractivity contribution in [3.8, 4) is 0 Å². The standard InChI is InChI=1S/C15H16N6O3S2/c1-9-6-10(2)21-14(17-9)19-15(20-21)25-8-13(22)18-11-4-3-5-12(7-11)26(16,23)24/h3-7H,8H2,1-2H3,(H,18,22)(H2,16,23,24). The van der Waals surface area contributed by atoms with Gasteiger partial charge in [0.15, 0.2) is 0 Å². The second-order valence-corrected chi connectivity index (χ2v) is 8.06. The molecule has 0 spiro atoms. The highest BCUT2D eigenvalue weighted by molar-refractivity contribution is 7.99. The highest BCUT2D eigenvalue weighted by Gasteiger charge is 2.12. The molecular weight excluding hydrogens is 376 g/mol. The van der Waals surface area contributed by atoms with Crippen LogP contribution >= 0.6 is 11.8 Å². The molecule has 0 radical (unpaired) electrons. The number of fused-ring (bicyclic) bond motifs is 1. The van der Waals surface area contributed by atoms with Crippen LogP contribution in [0.5, 0.6) is 0 Å². The number of aryl methyl sites for hydroxylation is 2. The number of benzene rings is 1. The van der Waals surface area contributed by atoms with E-state index >= 15 is 0 Å². The van der Waals surface area contributed by atoms with Gasteiger partial charge in [-0.2, -0.15) is 4.98 Å². The minimum atomic E-state index is -3.83. The molecule has 1 amide bonds. The molecule has 2 aromatic heterocycles. The fraction of sp³-hybridized carbons (Fsp3) is 0.200. The maximum atomic E-state index is 12.1. The van der Waals surface area contributed by atoms with E-state index in [9.17, 15) is 13.2 Å². The molecule has 0 unspecified atom stereocenters. The fourth-order valence-electron chi connectivity index (χ4n) is 2.29. The number of nitrogens with zero attached hydrogens (tertiary/aromatic N) is 4. The lowest BCUT2D eigenvalue weighted by molar-refractivity contribution is -0.113. The number of rotatable bonds is 5. The van der Waals surface area contributed by atoms with Crippen molar-refractivity contribution in [3.05, 3.63) is 41.7 Å². The van der Waals surface area contributed by atoms with E-state index in [1.165, 1.54) is 18.2 Å². The van der Waals surface area contributed by atoms with Crippen LogP contribution in [0.1, 0.15) is 11.4 Å². The molecule has 0 aliphatic rings. The number of nitrogens with one attached hydrogen (secondary N) is 1. The Balaban J connectivity index is 1.67. The van der Waals surface area contributed by atoms with Crippen LogP contribution in [0.25, 0.3) is 5.78 Å². The third-order valence-electron chi connectivity index (χ3n) is 3.38. The zero-order valence-electron chi connectivity index (χ0n) is 14.0. The maximum Gasteiger partial charge on any atom is 0.253 e. The number of anilines is 1. The fourth-order valence-corrected chi connectivity index (χ4v) is 3.46. The average Bonchev–Trinajstić information content (AvgIpc) is 2.96. The lowest BCUT2D eigenvalue weighted by Crippen LogP contribution is -2.16. The first-order chi connectivity index (χ1) is 12.2. The topological polar surface area (TPSA) is 132 Å². The van der Waals surface area contributed by atoms with Gasteiger partial charge in [-0.25, -0.2) is 23.1 Å². The summed E-state index contributed by atoms with van der Waals surface area (Å²) >= 11 is 1.16. The smallest absolute Gasteiger partial charge is 0.253 e. The monoisotopic (exact) mass is 392 g/mol. The molecule has 2 heterocycles. The van der Waals surface area contributed by atoms with Crippen LogP contribution in [0.15, 0.2) is 40.4 Å². The molecule has 3 aromatic rings. The Labute approximate surface area is 154 Å². The maximum absolute atomic E-state index is 12.1. The minimum absolute atomic E-state index is 0.0640. The summed E-state index contributed by atoms with van der Waals surface area (Å²) in [6.45, 7) is 3.77. The first-order valence-corrected chi connectivity index (χ1v) is 10.0. The second kappa shape index (κ2) is 7.02. The van der Waals surface area contributed by atoms with Crippen molar-refractivity contribution in [1.82, 2.24) is 19.6 Å². The number of hydrogen-bond donors (Lipinski definition) is 2. The Kier molecular flexibility index (Phi) is 4.94. The lowest BCUT2D eigenvalue weighted by Gasteiger charge is -2.05. The Morgan fingerprint density at radius 1 is 1.27 bits per heavy atom. The lowest BCUT2D eigenvalue weighted by atomic mass is 10.3. The first-order valence-electron chi connectivity index (χ1n) is 7.49. The minimum Gasteiger partial charge on any atom is -0.325 e. The molecular formula is C15H16N6O3S2. The summed E-state index contributed by atoms with van der Waals surface area (Å²) in [7, 11) is -3.83. The highest BCUT2D eigenvalue weighted by Crippen LogP contribution is 2.17. The Morgan fingerprint density at radius 3 is 2.77 bits per heavy atom. The molecule has 0 saturated carbocycles. The van der Waals surface area contributed by atoms with Crippen LogP contribution in [-0.4, -0.2) is 39.7 Å². The van der Waals surface area contributed by atoms with E-state index in [4.69, 9.17) is 5.14 Å². The van der Waals surface area contributed by atoms with E-state index in [-0.39, 0.29) is 16.6 Å². The van der Waals surface area contributed by atoms with E-state index in [0.29, 0.717) is 16.6 Å². The van der Waals surface area contributed by atoms with Crippen molar-refractivity contribution in [2.75, 3.05) is 11.1 Å². The average molecular weight is 392 g/mol. The number of primary sulfonamides is 1. The number of hydrogen-bond acceptors (Lipinski definition) is 7. The predicted octanol–water partition coefficient (Wildman–Crippen LogP) is 1.12. The third-order valence-corrected chi connectivity index (χ3v) is 5.13. The molecule has 136 valence electrons. The van der Waals surface area contributed by atoms with E-state index in [1.807, 2.05) is 19.9 Å². The number of amides is 1. The molecule has 26 heavy (non-hydrogen) atoms. The van der Waals surface area contributed by atoms with Gasteiger partial charge in [0.1, 0.15) is 0 Å².